The smallest absolute Gasteiger partial charge is 0.261 e. The molecule has 0 fully saturated rings. The topological polar surface area (TPSA) is 66.4 Å². The molecule has 2 aromatic carbocycles. The average Bonchev–Trinajstić information content (AvgIpc) is 2.42. The molecule has 0 aliphatic heterocycles. The van der Waals surface area contributed by atoms with Crippen molar-refractivity contribution in [1.29, 1.82) is 0 Å². The molecule has 0 saturated carbocycles. The summed E-state index contributed by atoms with van der Waals surface area (Å²) in [6, 6.07) is 10.8. The first-order valence-corrected chi connectivity index (χ1v) is 7.40. The molecule has 106 valence electrons. The number of para-hydroxylation sites is 1. The molecule has 2 rings (SSSR count). The van der Waals surface area contributed by atoms with E-state index >= 15 is 0 Å². The first-order valence-electron chi connectivity index (χ1n) is 5.92. The van der Waals surface area contributed by atoms with E-state index in [1.807, 2.05) is 0 Å². The molecule has 0 saturated heterocycles. The van der Waals surface area contributed by atoms with Crippen LogP contribution in [0, 0.1) is 12.7 Å². The number of anilines is 1. The van der Waals surface area contributed by atoms with Crippen LogP contribution in [-0.2, 0) is 16.6 Å². The molecule has 0 heterocycles. The summed E-state index contributed by atoms with van der Waals surface area (Å²) in [6.07, 6.45) is 0. The van der Waals surface area contributed by atoms with Crippen LogP contribution in [0.2, 0.25) is 0 Å². The lowest BCUT2D eigenvalue weighted by atomic mass is 10.1. The van der Waals surface area contributed by atoms with E-state index < -0.39 is 22.4 Å². The Labute approximate surface area is 116 Å². The van der Waals surface area contributed by atoms with E-state index in [4.69, 9.17) is 5.11 Å². The minimum atomic E-state index is -3.81. The van der Waals surface area contributed by atoms with Gasteiger partial charge in [0, 0.05) is 11.3 Å². The predicted molar refractivity (Wildman–Crippen MR) is 74.3 cm³/mol. The molecule has 0 aromatic heterocycles. The van der Waals surface area contributed by atoms with Gasteiger partial charge in [0.15, 0.2) is 0 Å². The van der Waals surface area contributed by atoms with Gasteiger partial charge in [0.05, 0.1) is 11.5 Å². The highest BCUT2D eigenvalue weighted by molar-refractivity contribution is 7.92. The lowest BCUT2D eigenvalue weighted by molar-refractivity contribution is 0.275. The zero-order valence-electron chi connectivity index (χ0n) is 10.8. The van der Waals surface area contributed by atoms with Crippen molar-refractivity contribution in [2.24, 2.45) is 0 Å². The second kappa shape index (κ2) is 5.60. The minimum absolute atomic E-state index is 0.0431. The lowest BCUT2D eigenvalue weighted by Crippen LogP contribution is -2.14. The van der Waals surface area contributed by atoms with Gasteiger partial charge < -0.3 is 5.11 Å². The number of hydrogen-bond donors (Lipinski definition) is 2. The van der Waals surface area contributed by atoms with E-state index in [1.165, 1.54) is 13.0 Å². The normalized spacial score (nSPS) is 11.3. The lowest BCUT2D eigenvalue weighted by Gasteiger charge is -2.11. The molecule has 2 aromatic rings. The van der Waals surface area contributed by atoms with Crippen LogP contribution >= 0.6 is 0 Å². The van der Waals surface area contributed by atoms with E-state index in [1.54, 1.807) is 30.3 Å². The second-order valence-corrected chi connectivity index (χ2v) is 6.03. The largest absolute Gasteiger partial charge is 0.392 e. The predicted octanol–water partition coefficient (Wildman–Crippen LogP) is 2.43. The van der Waals surface area contributed by atoms with E-state index in [0.29, 0.717) is 5.69 Å². The number of hydrogen-bond acceptors (Lipinski definition) is 3. The zero-order valence-corrected chi connectivity index (χ0v) is 11.6. The molecule has 0 aliphatic rings. The van der Waals surface area contributed by atoms with Crippen LogP contribution in [0.25, 0.3) is 0 Å². The van der Waals surface area contributed by atoms with Crippen molar-refractivity contribution in [2.75, 3.05) is 4.72 Å². The molecule has 0 unspecified atom stereocenters. The maximum absolute atomic E-state index is 13.6. The highest BCUT2D eigenvalue weighted by atomic mass is 32.2. The quantitative estimate of drug-likeness (QED) is 0.910. The second-order valence-electron chi connectivity index (χ2n) is 4.34. The Morgan fingerprint density at radius 3 is 2.45 bits per heavy atom. The monoisotopic (exact) mass is 295 g/mol. The zero-order chi connectivity index (χ0) is 14.8. The molecule has 6 heteroatoms. The molecular weight excluding hydrogens is 281 g/mol. The van der Waals surface area contributed by atoms with Gasteiger partial charge >= 0.3 is 0 Å². The minimum Gasteiger partial charge on any atom is -0.392 e. The SMILES string of the molecule is Cc1cc(S(=O)(=O)Nc2ccccc2)cc(CO)c1F. The Bertz CT molecular complexity index is 715. The third-order valence-electron chi connectivity index (χ3n) is 2.81. The van der Waals surface area contributed by atoms with Gasteiger partial charge in [-0.05, 0) is 36.8 Å². The summed E-state index contributed by atoms with van der Waals surface area (Å²) in [5.41, 5.74) is 0.545. The Morgan fingerprint density at radius 1 is 1.20 bits per heavy atom. The van der Waals surface area contributed by atoms with Crippen molar-refractivity contribution in [1.82, 2.24) is 0 Å². The van der Waals surface area contributed by atoms with Gasteiger partial charge in [-0.25, -0.2) is 12.8 Å². The van der Waals surface area contributed by atoms with Crippen LogP contribution < -0.4 is 4.72 Å². The number of nitrogens with one attached hydrogen (secondary N) is 1. The fraction of sp³-hybridized carbons (Fsp3) is 0.143. The molecule has 0 spiro atoms. The van der Waals surface area contributed by atoms with Crippen LogP contribution in [0.3, 0.4) is 0 Å². The Balaban J connectivity index is 2.42. The molecule has 4 nitrogen and oxygen atoms in total. The summed E-state index contributed by atoms with van der Waals surface area (Å²) < 4.78 is 40.5. The highest BCUT2D eigenvalue weighted by Gasteiger charge is 2.18. The highest BCUT2D eigenvalue weighted by Crippen LogP contribution is 2.21. The molecule has 0 atom stereocenters. The number of aliphatic hydroxyl groups excluding tert-OH is 1. The fourth-order valence-corrected chi connectivity index (χ4v) is 2.99. The van der Waals surface area contributed by atoms with Crippen LogP contribution in [0.5, 0.6) is 0 Å². The van der Waals surface area contributed by atoms with Crippen molar-refractivity contribution < 1.29 is 17.9 Å². The summed E-state index contributed by atoms with van der Waals surface area (Å²) in [6.45, 7) is 0.900. The van der Waals surface area contributed by atoms with E-state index in [0.717, 1.165) is 6.07 Å². The summed E-state index contributed by atoms with van der Waals surface area (Å²) in [7, 11) is -3.81. The van der Waals surface area contributed by atoms with Gasteiger partial charge in [-0.3, -0.25) is 4.72 Å². The maximum atomic E-state index is 13.6. The summed E-state index contributed by atoms with van der Waals surface area (Å²) in [5, 5.41) is 9.07. The summed E-state index contributed by atoms with van der Waals surface area (Å²) >= 11 is 0. The third-order valence-corrected chi connectivity index (χ3v) is 4.17. The van der Waals surface area contributed by atoms with Gasteiger partial charge in [-0.2, -0.15) is 0 Å². The van der Waals surface area contributed by atoms with Crippen LogP contribution in [0.15, 0.2) is 47.4 Å². The Hall–Kier alpha value is -1.92. The van der Waals surface area contributed by atoms with Gasteiger partial charge in [-0.15, -0.1) is 0 Å². The molecule has 0 bridgehead atoms. The van der Waals surface area contributed by atoms with Crippen molar-refractivity contribution >= 4 is 15.7 Å². The summed E-state index contributed by atoms with van der Waals surface area (Å²) in [4.78, 5) is -0.0793. The number of benzene rings is 2. The molecule has 0 aliphatic carbocycles. The fourth-order valence-electron chi connectivity index (χ4n) is 1.80. The molecule has 0 amide bonds. The van der Waals surface area contributed by atoms with E-state index in [-0.39, 0.29) is 16.0 Å². The number of aryl methyl sites for hydroxylation is 1. The molecule has 20 heavy (non-hydrogen) atoms. The molecule has 2 N–H and O–H groups in total. The summed E-state index contributed by atoms with van der Waals surface area (Å²) in [5.74, 6) is -0.592. The Kier molecular flexibility index (Phi) is 4.06. The van der Waals surface area contributed by atoms with Crippen molar-refractivity contribution in [3.8, 4) is 0 Å². The van der Waals surface area contributed by atoms with Gasteiger partial charge in [0.1, 0.15) is 5.82 Å². The number of halogens is 1. The van der Waals surface area contributed by atoms with Gasteiger partial charge in [0.2, 0.25) is 0 Å². The van der Waals surface area contributed by atoms with Gasteiger partial charge in [0.25, 0.3) is 10.0 Å². The standard InChI is InChI=1S/C14H14FNO3S/c1-10-7-13(8-11(9-17)14(10)15)20(18,19)16-12-5-3-2-4-6-12/h2-8,16-17H,9H2,1H3. The van der Waals surface area contributed by atoms with Gasteiger partial charge in [-0.1, -0.05) is 18.2 Å². The number of sulfonamides is 1. The number of rotatable bonds is 4. The van der Waals surface area contributed by atoms with E-state index in [9.17, 15) is 12.8 Å². The first kappa shape index (κ1) is 14.5. The van der Waals surface area contributed by atoms with Crippen molar-refractivity contribution in [2.45, 2.75) is 18.4 Å². The Morgan fingerprint density at radius 2 is 1.85 bits per heavy atom. The molecular formula is C14H14FNO3S. The maximum Gasteiger partial charge on any atom is 0.261 e. The van der Waals surface area contributed by atoms with Crippen molar-refractivity contribution in [3.63, 3.8) is 0 Å². The first-order chi connectivity index (χ1) is 9.44. The van der Waals surface area contributed by atoms with Crippen LogP contribution in [0.1, 0.15) is 11.1 Å². The number of aliphatic hydroxyl groups is 1. The third kappa shape index (κ3) is 2.97. The average molecular weight is 295 g/mol. The van der Waals surface area contributed by atoms with Crippen molar-refractivity contribution in [3.05, 3.63) is 59.4 Å². The van der Waals surface area contributed by atoms with Crippen LogP contribution in [-0.4, -0.2) is 13.5 Å². The van der Waals surface area contributed by atoms with Crippen LogP contribution in [0.4, 0.5) is 10.1 Å². The molecule has 0 radical (unpaired) electrons. The van der Waals surface area contributed by atoms with E-state index in [2.05, 4.69) is 4.72 Å².